The molecule has 2 rings (SSSR count). The third-order valence-corrected chi connectivity index (χ3v) is 4.42. The van der Waals surface area contributed by atoms with E-state index in [-0.39, 0.29) is 11.1 Å². The predicted molar refractivity (Wildman–Crippen MR) is 97.0 cm³/mol. The molecule has 1 heterocycles. The standard InChI is InChI=1S/C17H23ClFNO3Si/c1-12(23-24(2,3)4)20-11-13-9-15(18)16(19)10-17(13)22-14-5-7-21-8-6-14/h9-11,14H,1,5-8H2,2-4H3. The van der Waals surface area contributed by atoms with Crippen molar-refractivity contribution in [3.8, 4) is 5.75 Å². The molecule has 0 bridgehead atoms. The molecule has 4 nitrogen and oxygen atoms in total. The van der Waals surface area contributed by atoms with Gasteiger partial charge in [0.15, 0.2) is 5.88 Å². The lowest BCUT2D eigenvalue weighted by atomic mass is 10.1. The largest absolute Gasteiger partial charge is 0.532 e. The summed E-state index contributed by atoms with van der Waals surface area (Å²) in [7, 11) is -1.77. The van der Waals surface area contributed by atoms with Crippen molar-refractivity contribution in [1.29, 1.82) is 0 Å². The van der Waals surface area contributed by atoms with E-state index in [2.05, 4.69) is 11.6 Å². The zero-order valence-corrected chi connectivity index (χ0v) is 16.0. The Morgan fingerprint density at radius 2 is 2.04 bits per heavy atom. The summed E-state index contributed by atoms with van der Waals surface area (Å²) in [5.41, 5.74) is 0.591. The van der Waals surface area contributed by atoms with E-state index in [0.29, 0.717) is 30.4 Å². The minimum Gasteiger partial charge on any atom is -0.532 e. The maximum Gasteiger partial charge on any atom is 0.244 e. The van der Waals surface area contributed by atoms with Crippen LogP contribution in [0.15, 0.2) is 29.6 Å². The average molecular weight is 372 g/mol. The van der Waals surface area contributed by atoms with Gasteiger partial charge in [-0.3, -0.25) is 0 Å². The van der Waals surface area contributed by atoms with Crippen molar-refractivity contribution < 1.29 is 18.3 Å². The highest BCUT2D eigenvalue weighted by Crippen LogP contribution is 2.28. The normalized spacial score (nSPS) is 16.4. The van der Waals surface area contributed by atoms with E-state index in [0.717, 1.165) is 12.8 Å². The predicted octanol–water partition coefficient (Wildman–Crippen LogP) is 4.78. The van der Waals surface area contributed by atoms with E-state index in [1.54, 1.807) is 6.21 Å². The summed E-state index contributed by atoms with van der Waals surface area (Å²) >= 11 is 5.89. The van der Waals surface area contributed by atoms with Gasteiger partial charge in [-0.05, 0) is 32.3 Å². The van der Waals surface area contributed by atoms with E-state index in [9.17, 15) is 4.39 Å². The fourth-order valence-corrected chi connectivity index (χ4v) is 3.17. The Hall–Kier alpha value is -1.37. The second-order valence-electron chi connectivity index (χ2n) is 6.60. The van der Waals surface area contributed by atoms with E-state index in [1.165, 1.54) is 12.1 Å². The number of nitrogens with zero attached hydrogens (tertiary/aromatic N) is 1. The number of benzene rings is 1. The lowest BCUT2D eigenvalue weighted by Crippen LogP contribution is -2.26. The van der Waals surface area contributed by atoms with Crippen LogP contribution in [-0.4, -0.2) is 33.8 Å². The molecule has 1 fully saturated rings. The summed E-state index contributed by atoms with van der Waals surface area (Å²) in [5.74, 6) is 0.216. The van der Waals surface area contributed by atoms with Crippen LogP contribution in [0.2, 0.25) is 24.7 Å². The molecule has 0 spiro atoms. The van der Waals surface area contributed by atoms with Crippen LogP contribution in [0.1, 0.15) is 18.4 Å². The molecule has 0 aromatic heterocycles. The maximum atomic E-state index is 13.8. The van der Waals surface area contributed by atoms with E-state index in [4.69, 9.17) is 25.5 Å². The Kier molecular flexibility index (Phi) is 6.43. The third-order valence-electron chi connectivity index (χ3n) is 3.29. The third kappa shape index (κ3) is 5.92. The summed E-state index contributed by atoms with van der Waals surface area (Å²) in [4.78, 5) is 4.21. The highest BCUT2D eigenvalue weighted by atomic mass is 35.5. The lowest BCUT2D eigenvalue weighted by molar-refractivity contribution is 0.0254. The summed E-state index contributed by atoms with van der Waals surface area (Å²) in [6.07, 6.45) is 3.08. The van der Waals surface area contributed by atoms with Gasteiger partial charge in [-0.1, -0.05) is 11.6 Å². The molecule has 7 heteroatoms. The van der Waals surface area contributed by atoms with Gasteiger partial charge in [-0.25, -0.2) is 9.38 Å². The zero-order valence-electron chi connectivity index (χ0n) is 14.3. The minimum atomic E-state index is -1.77. The molecule has 132 valence electrons. The molecule has 0 N–H and O–H groups in total. The first-order valence-corrected chi connectivity index (χ1v) is 11.7. The summed E-state index contributed by atoms with van der Waals surface area (Å²) in [6.45, 7) is 11.2. The Labute approximate surface area is 148 Å². The smallest absolute Gasteiger partial charge is 0.244 e. The molecule has 0 unspecified atom stereocenters. The number of aliphatic imine (C=N–C) groups is 1. The lowest BCUT2D eigenvalue weighted by Gasteiger charge is -2.24. The molecule has 1 aromatic carbocycles. The molecule has 0 amide bonds. The fourth-order valence-electron chi connectivity index (χ4n) is 2.24. The molecule has 0 radical (unpaired) electrons. The van der Waals surface area contributed by atoms with Gasteiger partial charge in [0.05, 0.1) is 18.2 Å². The van der Waals surface area contributed by atoms with Gasteiger partial charge in [0.1, 0.15) is 17.7 Å². The molecule has 1 aromatic rings. The van der Waals surface area contributed by atoms with Crippen LogP contribution in [0, 0.1) is 5.82 Å². The van der Waals surface area contributed by atoms with Crippen LogP contribution >= 0.6 is 11.6 Å². The van der Waals surface area contributed by atoms with Gasteiger partial charge >= 0.3 is 0 Å². The maximum absolute atomic E-state index is 13.8. The fraction of sp³-hybridized carbons (Fsp3) is 0.471. The van der Waals surface area contributed by atoms with Crippen LogP contribution in [0.3, 0.4) is 0 Å². The molecule has 0 aliphatic carbocycles. The summed E-state index contributed by atoms with van der Waals surface area (Å²) in [6, 6.07) is 2.79. The van der Waals surface area contributed by atoms with E-state index in [1.807, 2.05) is 19.6 Å². The highest BCUT2D eigenvalue weighted by molar-refractivity contribution is 6.70. The van der Waals surface area contributed by atoms with Crippen LogP contribution < -0.4 is 4.74 Å². The van der Waals surface area contributed by atoms with Crippen molar-refractivity contribution >= 4 is 26.1 Å². The number of ether oxygens (including phenoxy) is 2. The van der Waals surface area contributed by atoms with Crippen LogP contribution in [0.5, 0.6) is 5.75 Å². The second-order valence-corrected chi connectivity index (χ2v) is 11.4. The molecule has 0 atom stereocenters. The number of hydrogen-bond donors (Lipinski definition) is 0. The van der Waals surface area contributed by atoms with Crippen LogP contribution in [0.4, 0.5) is 4.39 Å². The minimum absolute atomic E-state index is 0.00657. The first-order valence-electron chi connectivity index (χ1n) is 7.90. The van der Waals surface area contributed by atoms with Gasteiger partial charge in [0, 0.05) is 30.7 Å². The topological polar surface area (TPSA) is 40.0 Å². The first kappa shape index (κ1) is 19.0. The van der Waals surface area contributed by atoms with E-state index >= 15 is 0 Å². The monoisotopic (exact) mass is 371 g/mol. The number of hydrogen-bond acceptors (Lipinski definition) is 4. The zero-order chi connectivity index (χ0) is 17.7. The van der Waals surface area contributed by atoms with Crippen molar-refractivity contribution in [1.82, 2.24) is 0 Å². The molecular weight excluding hydrogens is 349 g/mol. The quantitative estimate of drug-likeness (QED) is 0.410. The van der Waals surface area contributed by atoms with Gasteiger partial charge in [-0.15, -0.1) is 0 Å². The molecule has 1 aliphatic rings. The Bertz CT molecular complexity index is 625. The van der Waals surface area contributed by atoms with Gasteiger partial charge in [0.25, 0.3) is 0 Å². The number of rotatable bonds is 6. The Morgan fingerprint density at radius 1 is 1.38 bits per heavy atom. The van der Waals surface area contributed by atoms with Crippen molar-refractivity contribution in [2.24, 2.45) is 4.99 Å². The van der Waals surface area contributed by atoms with Crippen molar-refractivity contribution in [2.45, 2.75) is 38.6 Å². The summed E-state index contributed by atoms with van der Waals surface area (Å²) in [5, 5.41) is 0.0208. The Balaban J connectivity index is 2.17. The Morgan fingerprint density at radius 3 is 2.67 bits per heavy atom. The highest BCUT2D eigenvalue weighted by Gasteiger charge is 2.19. The van der Waals surface area contributed by atoms with Gasteiger partial charge in [-0.2, -0.15) is 0 Å². The molecule has 1 aliphatic heterocycles. The van der Waals surface area contributed by atoms with Crippen LogP contribution in [0.25, 0.3) is 0 Å². The summed E-state index contributed by atoms with van der Waals surface area (Å²) < 4.78 is 30.7. The molecule has 24 heavy (non-hydrogen) atoms. The second kappa shape index (κ2) is 8.14. The van der Waals surface area contributed by atoms with Gasteiger partial charge < -0.3 is 13.9 Å². The average Bonchev–Trinajstić information content (AvgIpc) is 2.48. The SMILES string of the molecule is C=C(N=Cc1cc(Cl)c(F)cc1OC1CCOCC1)O[Si](C)(C)C. The van der Waals surface area contributed by atoms with Crippen molar-refractivity contribution in [3.05, 3.63) is 41.0 Å². The molecule has 0 saturated carbocycles. The first-order chi connectivity index (χ1) is 11.2. The van der Waals surface area contributed by atoms with Gasteiger partial charge in [0.2, 0.25) is 8.32 Å². The van der Waals surface area contributed by atoms with Crippen LogP contribution in [-0.2, 0) is 9.16 Å². The molecule has 1 saturated heterocycles. The number of halogens is 2. The van der Waals surface area contributed by atoms with Crippen molar-refractivity contribution in [3.63, 3.8) is 0 Å². The molecular formula is C17H23ClFNO3Si. The van der Waals surface area contributed by atoms with E-state index < -0.39 is 14.1 Å². The van der Waals surface area contributed by atoms with Crippen molar-refractivity contribution in [2.75, 3.05) is 13.2 Å².